The Morgan fingerprint density at radius 3 is 2.64 bits per heavy atom. The molecule has 2 aromatic rings. The lowest BCUT2D eigenvalue weighted by molar-refractivity contribution is 0.0915. The lowest BCUT2D eigenvalue weighted by atomic mass is 10.0. The van der Waals surface area contributed by atoms with Gasteiger partial charge in [0.25, 0.3) is 5.91 Å². The lowest BCUT2D eigenvalue weighted by Crippen LogP contribution is -2.40. The Bertz CT molecular complexity index is 693. The summed E-state index contributed by atoms with van der Waals surface area (Å²) in [7, 11) is 0. The van der Waals surface area contributed by atoms with E-state index in [1.54, 1.807) is 6.07 Å². The molecule has 1 unspecified atom stereocenters. The summed E-state index contributed by atoms with van der Waals surface area (Å²) >= 11 is 6.02. The number of hydrogen-bond acceptors (Lipinski definition) is 4. The summed E-state index contributed by atoms with van der Waals surface area (Å²) in [6.45, 7) is 4.60. The van der Waals surface area contributed by atoms with Gasteiger partial charge in [0.1, 0.15) is 5.76 Å². The van der Waals surface area contributed by atoms with Crippen LogP contribution >= 0.6 is 11.6 Å². The highest BCUT2D eigenvalue weighted by Crippen LogP contribution is 2.25. The Hall–Kier alpha value is -1.85. The number of nitrogens with one attached hydrogen (secondary N) is 1. The quantitative estimate of drug-likeness (QED) is 0.849. The largest absolute Gasteiger partial charge is 0.361 e. The Morgan fingerprint density at radius 2 is 2.00 bits per heavy atom. The molecule has 0 bridgehead atoms. The van der Waals surface area contributed by atoms with E-state index in [1.807, 2.05) is 31.2 Å². The second-order valence-electron chi connectivity index (χ2n) is 6.41. The predicted octanol–water partition coefficient (Wildman–Crippen LogP) is 3.85. The molecule has 0 spiro atoms. The van der Waals surface area contributed by atoms with E-state index in [9.17, 15) is 4.79 Å². The smallest absolute Gasteiger partial charge is 0.273 e. The van der Waals surface area contributed by atoms with Crippen molar-refractivity contribution in [2.75, 3.05) is 19.6 Å². The third kappa shape index (κ3) is 4.61. The lowest BCUT2D eigenvalue weighted by Gasteiger charge is -2.35. The molecule has 1 saturated heterocycles. The molecule has 0 saturated carbocycles. The number of aryl methyl sites for hydroxylation is 1. The van der Waals surface area contributed by atoms with Gasteiger partial charge in [-0.3, -0.25) is 9.69 Å². The summed E-state index contributed by atoms with van der Waals surface area (Å²) < 4.78 is 5.12. The molecule has 1 N–H and O–H groups in total. The summed E-state index contributed by atoms with van der Waals surface area (Å²) in [5.74, 6) is 0.523. The van der Waals surface area contributed by atoms with Crippen molar-refractivity contribution >= 4 is 17.5 Å². The number of benzene rings is 1. The number of nitrogens with zero attached hydrogens (tertiary/aromatic N) is 2. The molecule has 6 heteroatoms. The zero-order valence-corrected chi connectivity index (χ0v) is 15.3. The maximum atomic E-state index is 12.4. The highest BCUT2D eigenvalue weighted by molar-refractivity contribution is 6.30. The van der Waals surface area contributed by atoms with Crippen molar-refractivity contribution in [3.63, 3.8) is 0 Å². The van der Waals surface area contributed by atoms with Gasteiger partial charge in [-0.15, -0.1) is 0 Å². The van der Waals surface area contributed by atoms with Gasteiger partial charge in [0, 0.05) is 24.1 Å². The maximum absolute atomic E-state index is 12.4. The SMILES string of the molecule is CCc1cc(C(=O)NCC(c2ccc(Cl)cc2)N2CCCCC2)no1. The molecule has 1 fully saturated rings. The second kappa shape index (κ2) is 8.50. The fraction of sp³-hybridized carbons (Fsp3) is 0.474. The van der Waals surface area contributed by atoms with E-state index in [-0.39, 0.29) is 11.9 Å². The van der Waals surface area contributed by atoms with Gasteiger partial charge in [-0.25, -0.2) is 0 Å². The number of carbonyl (C=O) groups is 1. The van der Waals surface area contributed by atoms with Crippen molar-refractivity contribution in [3.05, 3.63) is 52.4 Å². The molecule has 1 aromatic heterocycles. The fourth-order valence-corrected chi connectivity index (χ4v) is 3.37. The predicted molar refractivity (Wildman–Crippen MR) is 97.8 cm³/mol. The molecule has 134 valence electrons. The minimum atomic E-state index is -0.195. The van der Waals surface area contributed by atoms with Crippen molar-refractivity contribution in [2.24, 2.45) is 0 Å². The Kier molecular flexibility index (Phi) is 6.10. The van der Waals surface area contributed by atoms with Crippen molar-refractivity contribution in [1.29, 1.82) is 0 Å². The van der Waals surface area contributed by atoms with Crippen LogP contribution < -0.4 is 5.32 Å². The van der Waals surface area contributed by atoms with Crippen molar-refractivity contribution in [2.45, 2.75) is 38.6 Å². The molecule has 0 radical (unpaired) electrons. The third-order valence-corrected chi connectivity index (χ3v) is 4.93. The zero-order valence-electron chi connectivity index (χ0n) is 14.5. The molecule has 1 amide bonds. The van der Waals surface area contributed by atoms with Crippen LogP contribution in [0.1, 0.15) is 54.0 Å². The molecule has 0 aliphatic carbocycles. The number of aromatic nitrogens is 1. The topological polar surface area (TPSA) is 58.4 Å². The van der Waals surface area contributed by atoms with Crippen LogP contribution in [0.4, 0.5) is 0 Å². The Morgan fingerprint density at radius 1 is 1.28 bits per heavy atom. The summed E-state index contributed by atoms with van der Waals surface area (Å²) in [5.41, 5.74) is 1.51. The van der Waals surface area contributed by atoms with Gasteiger partial charge < -0.3 is 9.84 Å². The molecule has 5 nitrogen and oxygen atoms in total. The first-order valence-corrected chi connectivity index (χ1v) is 9.28. The summed E-state index contributed by atoms with van der Waals surface area (Å²) in [6.07, 6.45) is 4.39. The minimum absolute atomic E-state index is 0.138. The molecular weight excluding hydrogens is 338 g/mol. The van der Waals surface area contributed by atoms with E-state index in [0.29, 0.717) is 12.2 Å². The second-order valence-corrected chi connectivity index (χ2v) is 6.84. The molecule has 25 heavy (non-hydrogen) atoms. The molecule has 1 aromatic carbocycles. The maximum Gasteiger partial charge on any atom is 0.273 e. The average Bonchev–Trinajstić information content (AvgIpc) is 3.13. The van der Waals surface area contributed by atoms with Gasteiger partial charge in [-0.2, -0.15) is 0 Å². The zero-order chi connectivity index (χ0) is 17.6. The molecule has 3 rings (SSSR count). The van der Waals surface area contributed by atoms with E-state index < -0.39 is 0 Å². The number of likely N-dealkylation sites (tertiary alicyclic amines) is 1. The number of rotatable bonds is 6. The van der Waals surface area contributed by atoms with Crippen LogP contribution in [-0.4, -0.2) is 35.6 Å². The van der Waals surface area contributed by atoms with Gasteiger partial charge in [-0.1, -0.05) is 42.2 Å². The van der Waals surface area contributed by atoms with E-state index in [4.69, 9.17) is 16.1 Å². The standard InChI is InChI=1S/C19H24ClN3O2/c1-2-16-12-17(22-25-16)19(24)21-13-18(23-10-4-3-5-11-23)14-6-8-15(20)9-7-14/h6-9,12,18H,2-5,10-11,13H2,1H3,(H,21,24). The highest BCUT2D eigenvalue weighted by atomic mass is 35.5. The van der Waals surface area contributed by atoms with Crippen molar-refractivity contribution in [1.82, 2.24) is 15.4 Å². The molecule has 2 heterocycles. The minimum Gasteiger partial charge on any atom is -0.361 e. The third-order valence-electron chi connectivity index (χ3n) is 4.68. The molecule has 1 aliphatic rings. The molecular formula is C19H24ClN3O2. The van der Waals surface area contributed by atoms with E-state index in [2.05, 4.69) is 15.4 Å². The van der Waals surface area contributed by atoms with Crippen LogP contribution in [0.25, 0.3) is 0 Å². The normalized spacial score (nSPS) is 16.6. The summed E-state index contributed by atoms with van der Waals surface area (Å²) in [5, 5.41) is 7.58. The van der Waals surface area contributed by atoms with E-state index in [0.717, 1.165) is 30.3 Å². The van der Waals surface area contributed by atoms with Gasteiger partial charge in [-0.05, 0) is 43.6 Å². The first kappa shape index (κ1) is 18.0. The molecule has 1 aliphatic heterocycles. The first-order chi connectivity index (χ1) is 12.2. The number of carbonyl (C=O) groups excluding carboxylic acids is 1. The van der Waals surface area contributed by atoms with Crippen LogP contribution in [0.5, 0.6) is 0 Å². The van der Waals surface area contributed by atoms with Gasteiger partial charge in [0.2, 0.25) is 0 Å². The van der Waals surface area contributed by atoms with Gasteiger partial charge in [0.05, 0.1) is 6.04 Å². The Labute approximate surface area is 153 Å². The number of halogens is 1. The number of amides is 1. The monoisotopic (exact) mass is 361 g/mol. The summed E-state index contributed by atoms with van der Waals surface area (Å²) in [4.78, 5) is 14.8. The highest BCUT2D eigenvalue weighted by Gasteiger charge is 2.23. The van der Waals surface area contributed by atoms with Crippen LogP contribution in [0.2, 0.25) is 5.02 Å². The van der Waals surface area contributed by atoms with Crippen LogP contribution in [-0.2, 0) is 6.42 Å². The van der Waals surface area contributed by atoms with Crippen LogP contribution in [0.15, 0.2) is 34.9 Å². The van der Waals surface area contributed by atoms with Crippen LogP contribution in [0.3, 0.4) is 0 Å². The Balaban J connectivity index is 1.70. The van der Waals surface area contributed by atoms with E-state index >= 15 is 0 Å². The fourth-order valence-electron chi connectivity index (χ4n) is 3.24. The number of piperidine rings is 1. The average molecular weight is 362 g/mol. The first-order valence-electron chi connectivity index (χ1n) is 8.90. The van der Waals surface area contributed by atoms with Gasteiger partial charge in [0.15, 0.2) is 5.69 Å². The van der Waals surface area contributed by atoms with Crippen LogP contribution in [0, 0.1) is 0 Å². The van der Waals surface area contributed by atoms with E-state index in [1.165, 1.54) is 24.8 Å². The van der Waals surface area contributed by atoms with Crippen molar-refractivity contribution < 1.29 is 9.32 Å². The van der Waals surface area contributed by atoms with Gasteiger partial charge >= 0.3 is 0 Å². The molecule has 1 atom stereocenters. The summed E-state index contributed by atoms with van der Waals surface area (Å²) in [6, 6.07) is 9.73. The number of hydrogen-bond donors (Lipinski definition) is 1. The van der Waals surface area contributed by atoms with Crippen molar-refractivity contribution in [3.8, 4) is 0 Å².